The lowest BCUT2D eigenvalue weighted by Crippen LogP contribution is -2.46. The molecule has 0 bridgehead atoms. The molecule has 2 aliphatic carbocycles. The number of ether oxygens (including phenoxy) is 1. The van der Waals surface area contributed by atoms with Crippen LogP contribution in [0.15, 0.2) is 48.5 Å². The van der Waals surface area contributed by atoms with Crippen molar-refractivity contribution >= 4 is 12.1 Å². The van der Waals surface area contributed by atoms with Crippen LogP contribution < -0.4 is 0 Å². The summed E-state index contributed by atoms with van der Waals surface area (Å²) in [5.41, 5.74) is 4.72. The van der Waals surface area contributed by atoms with E-state index in [-0.39, 0.29) is 23.3 Å². The van der Waals surface area contributed by atoms with Gasteiger partial charge in [-0.05, 0) is 53.4 Å². The standard InChI is InChI=1S/C25H27NO4/c27-23(28)22-10-5-11-25(22)12-14-26(15-13-25)24(29)30-16-21-19-8-3-1-6-17(19)18-7-2-4-9-20(18)21/h1-4,6-9,21-22H,5,10-16H2,(H,27,28). The van der Waals surface area contributed by atoms with Crippen molar-refractivity contribution in [3.05, 3.63) is 59.7 Å². The number of fused-ring (bicyclic) bond motifs is 3. The smallest absolute Gasteiger partial charge is 0.409 e. The average molecular weight is 405 g/mol. The summed E-state index contributed by atoms with van der Waals surface area (Å²) < 4.78 is 5.78. The monoisotopic (exact) mass is 405 g/mol. The molecule has 2 aromatic carbocycles. The van der Waals surface area contributed by atoms with Crippen LogP contribution in [0.5, 0.6) is 0 Å². The van der Waals surface area contributed by atoms with Gasteiger partial charge in [0.25, 0.3) is 0 Å². The molecule has 1 saturated carbocycles. The van der Waals surface area contributed by atoms with Crippen LogP contribution in [-0.4, -0.2) is 41.8 Å². The summed E-state index contributed by atoms with van der Waals surface area (Å²) in [4.78, 5) is 26.2. The predicted molar refractivity (Wildman–Crippen MR) is 113 cm³/mol. The lowest BCUT2D eigenvalue weighted by Gasteiger charge is -2.41. The third-order valence-corrected chi connectivity index (χ3v) is 7.56. The summed E-state index contributed by atoms with van der Waals surface area (Å²) >= 11 is 0. The minimum atomic E-state index is -0.679. The van der Waals surface area contributed by atoms with Crippen LogP contribution in [-0.2, 0) is 9.53 Å². The molecule has 5 nitrogen and oxygen atoms in total. The molecular formula is C25H27NO4. The SMILES string of the molecule is O=C(O)C1CCCC12CCN(C(=O)OCC1c3ccccc3-c3ccccc31)CC2. The normalized spacial score (nSPS) is 22.0. The van der Waals surface area contributed by atoms with E-state index in [4.69, 9.17) is 4.74 Å². The predicted octanol–water partition coefficient (Wildman–Crippen LogP) is 4.90. The molecule has 156 valence electrons. The van der Waals surface area contributed by atoms with Gasteiger partial charge >= 0.3 is 12.1 Å². The number of hydrogen-bond donors (Lipinski definition) is 1. The van der Waals surface area contributed by atoms with Crippen molar-refractivity contribution in [3.63, 3.8) is 0 Å². The number of aliphatic carboxylic acids is 1. The molecule has 2 fully saturated rings. The second-order valence-corrected chi connectivity index (χ2v) is 8.94. The average Bonchev–Trinajstić information content (AvgIpc) is 3.32. The molecule has 1 spiro atoms. The topological polar surface area (TPSA) is 66.8 Å². The van der Waals surface area contributed by atoms with Crippen molar-refractivity contribution in [1.82, 2.24) is 4.90 Å². The Balaban J connectivity index is 1.24. The number of hydrogen-bond acceptors (Lipinski definition) is 3. The zero-order valence-corrected chi connectivity index (χ0v) is 17.0. The Morgan fingerprint density at radius 1 is 0.967 bits per heavy atom. The van der Waals surface area contributed by atoms with E-state index in [0.717, 1.165) is 32.1 Å². The number of likely N-dealkylation sites (tertiary alicyclic amines) is 1. The number of carbonyl (C=O) groups is 2. The van der Waals surface area contributed by atoms with E-state index in [9.17, 15) is 14.7 Å². The minimum absolute atomic E-state index is 0.0590. The van der Waals surface area contributed by atoms with Crippen molar-refractivity contribution < 1.29 is 19.4 Å². The fourth-order valence-electron chi connectivity index (χ4n) is 5.94. The number of rotatable bonds is 3. The molecule has 1 amide bonds. The van der Waals surface area contributed by atoms with Crippen LogP contribution in [0, 0.1) is 11.3 Å². The Morgan fingerprint density at radius 3 is 2.17 bits per heavy atom. The number of carboxylic acid groups (broad SMARTS) is 1. The quantitative estimate of drug-likeness (QED) is 0.789. The third-order valence-electron chi connectivity index (χ3n) is 7.56. The van der Waals surface area contributed by atoms with E-state index in [1.165, 1.54) is 22.3 Å². The lowest BCUT2D eigenvalue weighted by molar-refractivity contribution is -0.146. The van der Waals surface area contributed by atoms with E-state index in [2.05, 4.69) is 24.3 Å². The Hall–Kier alpha value is -2.82. The highest BCUT2D eigenvalue weighted by atomic mass is 16.6. The first-order valence-electron chi connectivity index (χ1n) is 10.9. The van der Waals surface area contributed by atoms with Gasteiger partial charge in [0, 0.05) is 19.0 Å². The molecular weight excluding hydrogens is 378 g/mol. The molecule has 5 rings (SSSR count). The van der Waals surface area contributed by atoms with E-state index < -0.39 is 5.97 Å². The highest BCUT2D eigenvalue weighted by Crippen LogP contribution is 2.50. The number of piperidine rings is 1. The fourth-order valence-corrected chi connectivity index (χ4v) is 5.94. The summed E-state index contributed by atoms with van der Waals surface area (Å²) in [6.45, 7) is 1.49. The van der Waals surface area contributed by atoms with Gasteiger partial charge in [-0.3, -0.25) is 4.79 Å². The van der Waals surface area contributed by atoms with Gasteiger partial charge in [0.15, 0.2) is 0 Å². The second-order valence-electron chi connectivity index (χ2n) is 8.94. The number of nitrogens with zero attached hydrogens (tertiary/aromatic N) is 1. The zero-order chi connectivity index (χ0) is 20.7. The van der Waals surface area contributed by atoms with Crippen LogP contribution >= 0.6 is 0 Å². The molecule has 1 aliphatic heterocycles. The first-order valence-corrected chi connectivity index (χ1v) is 10.9. The van der Waals surface area contributed by atoms with Gasteiger partial charge in [-0.15, -0.1) is 0 Å². The minimum Gasteiger partial charge on any atom is -0.481 e. The van der Waals surface area contributed by atoms with E-state index in [0.29, 0.717) is 19.7 Å². The van der Waals surface area contributed by atoms with Crippen molar-refractivity contribution in [1.29, 1.82) is 0 Å². The summed E-state index contributed by atoms with van der Waals surface area (Å²) in [5.74, 6) is -0.882. The van der Waals surface area contributed by atoms with Gasteiger partial charge in [0.05, 0.1) is 5.92 Å². The Kier molecular flexibility index (Phi) is 4.76. The third kappa shape index (κ3) is 3.08. The molecule has 30 heavy (non-hydrogen) atoms. The lowest BCUT2D eigenvalue weighted by atomic mass is 9.70. The highest BCUT2D eigenvalue weighted by molar-refractivity contribution is 5.79. The fraction of sp³-hybridized carbons (Fsp3) is 0.440. The van der Waals surface area contributed by atoms with Gasteiger partial charge in [0.1, 0.15) is 6.61 Å². The number of carboxylic acids is 1. The van der Waals surface area contributed by atoms with Gasteiger partial charge in [-0.1, -0.05) is 55.0 Å². The van der Waals surface area contributed by atoms with E-state index in [1.807, 2.05) is 24.3 Å². The van der Waals surface area contributed by atoms with E-state index in [1.54, 1.807) is 4.90 Å². The second kappa shape index (κ2) is 7.46. The Morgan fingerprint density at radius 2 is 1.57 bits per heavy atom. The summed E-state index contributed by atoms with van der Waals surface area (Å²) in [6, 6.07) is 16.6. The largest absolute Gasteiger partial charge is 0.481 e. The molecule has 1 unspecified atom stereocenters. The first kappa shape index (κ1) is 19.2. The van der Waals surface area contributed by atoms with Gasteiger partial charge in [-0.2, -0.15) is 0 Å². The molecule has 0 radical (unpaired) electrons. The molecule has 1 saturated heterocycles. The van der Waals surface area contributed by atoms with Gasteiger partial charge in [0.2, 0.25) is 0 Å². The molecule has 0 aromatic heterocycles. The van der Waals surface area contributed by atoms with Crippen molar-refractivity contribution in [2.45, 2.75) is 38.0 Å². The van der Waals surface area contributed by atoms with Crippen molar-refractivity contribution in [2.75, 3.05) is 19.7 Å². The van der Waals surface area contributed by atoms with Crippen LogP contribution in [0.4, 0.5) is 4.79 Å². The van der Waals surface area contributed by atoms with E-state index >= 15 is 0 Å². The number of amides is 1. The van der Waals surface area contributed by atoms with Crippen LogP contribution in [0.25, 0.3) is 11.1 Å². The van der Waals surface area contributed by atoms with Crippen molar-refractivity contribution in [2.24, 2.45) is 11.3 Å². The summed E-state index contributed by atoms with van der Waals surface area (Å²) in [6.07, 6.45) is 3.93. The number of benzene rings is 2. The maximum atomic E-state index is 12.8. The van der Waals surface area contributed by atoms with Crippen LogP contribution in [0.1, 0.15) is 49.1 Å². The highest BCUT2D eigenvalue weighted by Gasteiger charge is 2.48. The number of carbonyl (C=O) groups excluding carboxylic acids is 1. The zero-order valence-electron chi connectivity index (χ0n) is 17.0. The molecule has 2 aromatic rings. The van der Waals surface area contributed by atoms with Gasteiger partial charge < -0.3 is 14.7 Å². The molecule has 1 N–H and O–H groups in total. The van der Waals surface area contributed by atoms with Crippen LogP contribution in [0.2, 0.25) is 0 Å². The maximum absolute atomic E-state index is 12.8. The molecule has 1 heterocycles. The Labute approximate surface area is 176 Å². The van der Waals surface area contributed by atoms with Gasteiger partial charge in [-0.25, -0.2) is 4.79 Å². The molecule has 1 atom stereocenters. The van der Waals surface area contributed by atoms with Crippen LogP contribution in [0.3, 0.4) is 0 Å². The summed E-state index contributed by atoms with van der Waals surface area (Å²) in [5, 5.41) is 9.57. The summed E-state index contributed by atoms with van der Waals surface area (Å²) in [7, 11) is 0. The maximum Gasteiger partial charge on any atom is 0.409 e. The first-order chi connectivity index (χ1) is 14.6. The van der Waals surface area contributed by atoms with Crippen molar-refractivity contribution in [3.8, 4) is 11.1 Å². The molecule has 5 heteroatoms. The Bertz CT molecular complexity index is 931. The molecule has 3 aliphatic rings.